The predicted molar refractivity (Wildman–Crippen MR) is 92.2 cm³/mol. The number of carbonyl (C=O) groups is 1. The van der Waals surface area contributed by atoms with Crippen molar-refractivity contribution in [3.63, 3.8) is 0 Å². The summed E-state index contributed by atoms with van der Waals surface area (Å²) in [5.41, 5.74) is 0.589. The molecule has 1 aliphatic carbocycles. The molecular weight excluding hydrogens is 304 g/mol. The van der Waals surface area contributed by atoms with Gasteiger partial charge in [0.15, 0.2) is 0 Å². The highest BCUT2D eigenvalue weighted by Gasteiger charge is 2.33. The van der Waals surface area contributed by atoms with Crippen LogP contribution in [-0.4, -0.2) is 31.4 Å². The summed E-state index contributed by atoms with van der Waals surface area (Å²) in [5, 5.41) is 0. The van der Waals surface area contributed by atoms with Gasteiger partial charge in [-0.15, -0.1) is 0 Å². The molecular formula is C20H28O4. The monoisotopic (exact) mass is 332 g/mol. The van der Waals surface area contributed by atoms with Crippen LogP contribution in [0.3, 0.4) is 0 Å². The molecule has 1 aromatic carbocycles. The lowest BCUT2D eigenvalue weighted by Crippen LogP contribution is -2.35. The van der Waals surface area contributed by atoms with Crippen molar-refractivity contribution in [3.8, 4) is 5.75 Å². The van der Waals surface area contributed by atoms with E-state index in [2.05, 4.69) is 20.8 Å². The van der Waals surface area contributed by atoms with Crippen LogP contribution in [0, 0.1) is 17.8 Å². The second kappa shape index (κ2) is 7.56. The van der Waals surface area contributed by atoms with Crippen LogP contribution in [0.1, 0.15) is 50.4 Å². The Hall–Kier alpha value is -1.55. The molecule has 132 valence electrons. The summed E-state index contributed by atoms with van der Waals surface area (Å²) in [6.07, 6.45) is 3.61. The lowest BCUT2D eigenvalue weighted by atomic mass is 9.75. The lowest BCUT2D eigenvalue weighted by molar-refractivity contribution is -0.0174. The van der Waals surface area contributed by atoms with Gasteiger partial charge < -0.3 is 14.2 Å². The third kappa shape index (κ3) is 4.50. The summed E-state index contributed by atoms with van der Waals surface area (Å²) in [6.45, 7) is 8.03. The summed E-state index contributed by atoms with van der Waals surface area (Å²) in [7, 11) is 0. The van der Waals surface area contributed by atoms with Crippen molar-refractivity contribution < 1.29 is 19.0 Å². The molecule has 0 aromatic heterocycles. The van der Waals surface area contributed by atoms with Crippen molar-refractivity contribution in [2.45, 2.75) is 52.2 Å². The summed E-state index contributed by atoms with van der Waals surface area (Å²) >= 11 is 0. The van der Waals surface area contributed by atoms with E-state index < -0.39 is 0 Å². The van der Waals surface area contributed by atoms with Gasteiger partial charge in [-0.2, -0.15) is 0 Å². The van der Waals surface area contributed by atoms with Gasteiger partial charge >= 0.3 is 5.97 Å². The zero-order valence-corrected chi connectivity index (χ0v) is 14.9. The SMILES string of the molecule is CC1CCC(C(C)C)C(OC(=O)c2ccc(OCC3CO3)cc2)C1. The van der Waals surface area contributed by atoms with E-state index in [0.717, 1.165) is 25.2 Å². The van der Waals surface area contributed by atoms with Gasteiger partial charge in [0.2, 0.25) is 0 Å². The Morgan fingerprint density at radius 3 is 2.58 bits per heavy atom. The zero-order chi connectivity index (χ0) is 17.1. The predicted octanol–water partition coefficient (Wildman–Crippen LogP) is 4.08. The van der Waals surface area contributed by atoms with E-state index in [1.54, 1.807) is 12.1 Å². The molecule has 1 aliphatic heterocycles. The van der Waals surface area contributed by atoms with Gasteiger partial charge in [-0.3, -0.25) is 0 Å². The molecule has 2 aliphatic rings. The molecule has 4 nitrogen and oxygen atoms in total. The zero-order valence-electron chi connectivity index (χ0n) is 14.9. The lowest BCUT2D eigenvalue weighted by Gasteiger charge is -2.36. The van der Waals surface area contributed by atoms with Crippen LogP contribution < -0.4 is 4.74 Å². The number of esters is 1. The molecule has 3 rings (SSSR count). The van der Waals surface area contributed by atoms with Crippen molar-refractivity contribution in [2.24, 2.45) is 17.8 Å². The first kappa shape index (κ1) is 17.3. The molecule has 4 heteroatoms. The van der Waals surface area contributed by atoms with Crippen molar-refractivity contribution in [1.82, 2.24) is 0 Å². The average molecular weight is 332 g/mol. The van der Waals surface area contributed by atoms with Crippen LogP contribution >= 0.6 is 0 Å². The van der Waals surface area contributed by atoms with Crippen LogP contribution in [0.5, 0.6) is 5.75 Å². The van der Waals surface area contributed by atoms with Gasteiger partial charge in [-0.25, -0.2) is 4.79 Å². The van der Waals surface area contributed by atoms with Crippen LogP contribution in [0.2, 0.25) is 0 Å². The smallest absolute Gasteiger partial charge is 0.338 e. The first-order valence-corrected chi connectivity index (χ1v) is 9.08. The van der Waals surface area contributed by atoms with Crippen molar-refractivity contribution in [1.29, 1.82) is 0 Å². The number of ether oxygens (including phenoxy) is 3. The second-order valence-corrected chi connectivity index (χ2v) is 7.56. The largest absolute Gasteiger partial charge is 0.491 e. The maximum absolute atomic E-state index is 12.5. The highest BCUT2D eigenvalue weighted by atomic mass is 16.6. The number of epoxide rings is 1. The highest BCUT2D eigenvalue weighted by molar-refractivity contribution is 5.89. The molecule has 0 spiro atoms. The average Bonchev–Trinajstić information content (AvgIpc) is 3.37. The van der Waals surface area contributed by atoms with Crippen LogP contribution in [0.25, 0.3) is 0 Å². The van der Waals surface area contributed by atoms with Crippen LogP contribution in [-0.2, 0) is 9.47 Å². The Morgan fingerprint density at radius 2 is 1.96 bits per heavy atom. The first-order chi connectivity index (χ1) is 11.5. The number of benzene rings is 1. The third-order valence-corrected chi connectivity index (χ3v) is 5.15. The van der Waals surface area contributed by atoms with Crippen molar-refractivity contribution in [3.05, 3.63) is 29.8 Å². The fraction of sp³-hybridized carbons (Fsp3) is 0.650. The molecule has 0 amide bonds. The normalized spacial score (nSPS) is 29.3. The maximum Gasteiger partial charge on any atom is 0.338 e. The van der Waals surface area contributed by atoms with Crippen LogP contribution in [0.4, 0.5) is 0 Å². The number of hydrogen-bond acceptors (Lipinski definition) is 4. The molecule has 1 saturated heterocycles. The molecule has 24 heavy (non-hydrogen) atoms. The Kier molecular flexibility index (Phi) is 5.44. The highest BCUT2D eigenvalue weighted by Crippen LogP contribution is 2.35. The second-order valence-electron chi connectivity index (χ2n) is 7.56. The van der Waals surface area contributed by atoms with Gasteiger partial charge in [0.05, 0.1) is 12.2 Å². The fourth-order valence-electron chi connectivity index (χ4n) is 3.50. The van der Waals surface area contributed by atoms with Gasteiger partial charge in [0, 0.05) is 0 Å². The number of hydrogen-bond donors (Lipinski definition) is 0. The minimum absolute atomic E-state index is 0.0317. The fourth-order valence-corrected chi connectivity index (χ4v) is 3.50. The van der Waals surface area contributed by atoms with Gasteiger partial charge in [-0.05, 0) is 54.9 Å². The molecule has 4 atom stereocenters. The minimum Gasteiger partial charge on any atom is -0.491 e. The van der Waals surface area contributed by atoms with E-state index in [4.69, 9.17) is 14.2 Å². The topological polar surface area (TPSA) is 48.1 Å². The molecule has 1 aromatic rings. The van der Waals surface area contributed by atoms with Gasteiger partial charge in [0.1, 0.15) is 24.6 Å². The quantitative estimate of drug-likeness (QED) is 0.582. The Morgan fingerprint density at radius 1 is 1.25 bits per heavy atom. The van der Waals surface area contributed by atoms with Crippen molar-refractivity contribution >= 4 is 5.97 Å². The molecule has 2 fully saturated rings. The summed E-state index contributed by atoms with van der Waals surface area (Å²) in [5.74, 6) is 2.16. The summed E-state index contributed by atoms with van der Waals surface area (Å²) in [4.78, 5) is 12.5. The van der Waals surface area contributed by atoms with E-state index in [1.165, 1.54) is 6.42 Å². The Balaban J connectivity index is 1.58. The molecule has 1 heterocycles. The van der Waals surface area contributed by atoms with Gasteiger partial charge in [-0.1, -0.05) is 27.2 Å². The first-order valence-electron chi connectivity index (χ1n) is 9.08. The van der Waals surface area contributed by atoms with Crippen molar-refractivity contribution in [2.75, 3.05) is 13.2 Å². The third-order valence-electron chi connectivity index (χ3n) is 5.15. The van der Waals surface area contributed by atoms with E-state index >= 15 is 0 Å². The number of carbonyl (C=O) groups excluding carboxylic acids is 1. The molecule has 0 bridgehead atoms. The van der Waals surface area contributed by atoms with E-state index in [1.807, 2.05) is 12.1 Å². The van der Waals surface area contributed by atoms with E-state index in [-0.39, 0.29) is 18.2 Å². The molecule has 0 radical (unpaired) electrons. The van der Waals surface area contributed by atoms with E-state index in [9.17, 15) is 4.79 Å². The van der Waals surface area contributed by atoms with Crippen LogP contribution in [0.15, 0.2) is 24.3 Å². The number of rotatable bonds is 6. The van der Waals surface area contributed by atoms with Gasteiger partial charge in [0.25, 0.3) is 0 Å². The minimum atomic E-state index is -0.225. The molecule has 1 saturated carbocycles. The molecule has 4 unspecified atom stereocenters. The summed E-state index contributed by atoms with van der Waals surface area (Å²) in [6, 6.07) is 7.20. The molecule has 0 N–H and O–H groups in total. The Bertz CT molecular complexity index is 547. The summed E-state index contributed by atoms with van der Waals surface area (Å²) < 4.78 is 16.6. The Labute approximate surface area is 144 Å². The standard InChI is InChI=1S/C20H28O4/c1-13(2)18-9-4-14(3)10-19(18)24-20(21)15-5-7-16(8-6-15)22-11-17-12-23-17/h5-8,13-14,17-19H,4,9-12H2,1-3H3. The maximum atomic E-state index is 12.5. The van der Waals surface area contributed by atoms with E-state index in [0.29, 0.717) is 29.9 Å².